The molecule has 0 radical (unpaired) electrons. The van der Waals surface area contributed by atoms with Gasteiger partial charge in [0.15, 0.2) is 9.84 Å². The highest BCUT2D eigenvalue weighted by Crippen LogP contribution is 2.21. The van der Waals surface area contributed by atoms with Gasteiger partial charge in [0.05, 0.1) is 11.5 Å². The standard InChI is InChI=1S/C18H24N2O4S/c1-13-2-4-15(5-3-13)18(22)20-9-6-14(7-10-20)17(21)19-16-8-11-25(23,24)12-16/h2-5,14,16H,6-12H2,1H3,(H,19,21). The van der Waals surface area contributed by atoms with Gasteiger partial charge in [-0.25, -0.2) is 8.42 Å². The van der Waals surface area contributed by atoms with Crippen LogP contribution in [0.2, 0.25) is 0 Å². The number of sulfone groups is 1. The van der Waals surface area contributed by atoms with Crippen molar-refractivity contribution < 1.29 is 18.0 Å². The average molecular weight is 364 g/mol. The molecule has 0 aromatic heterocycles. The van der Waals surface area contributed by atoms with Crippen LogP contribution in [0.4, 0.5) is 0 Å². The molecule has 0 aliphatic carbocycles. The molecule has 1 N–H and O–H groups in total. The van der Waals surface area contributed by atoms with Crippen LogP contribution in [0.25, 0.3) is 0 Å². The quantitative estimate of drug-likeness (QED) is 0.872. The Balaban J connectivity index is 1.50. The summed E-state index contributed by atoms with van der Waals surface area (Å²) in [4.78, 5) is 26.6. The summed E-state index contributed by atoms with van der Waals surface area (Å²) < 4.78 is 23.0. The SMILES string of the molecule is Cc1ccc(C(=O)N2CCC(C(=O)NC3CCS(=O)(=O)C3)CC2)cc1. The van der Waals surface area contributed by atoms with E-state index in [-0.39, 0.29) is 35.3 Å². The Labute approximate surface area is 148 Å². The van der Waals surface area contributed by atoms with E-state index in [9.17, 15) is 18.0 Å². The van der Waals surface area contributed by atoms with Gasteiger partial charge in [-0.15, -0.1) is 0 Å². The lowest BCUT2D eigenvalue weighted by molar-refractivity contribution is -0.126. The minimum absolute atomic E-state index is 0.000689. The fraction of sp³-hybridized carbons (Fsp3) is 0.556. The number of likely N-dealkylation sites (tertiary alicyclic amines) is 1. The Morgan fingerprint density at radius 1 is 1.08 bits per heavy atom. The summed E-state index contributed by atoms with van der Waals surface area (Å²) in [7, 11) is -2.99. The maximum atomic E-state index is 12.5. The molecule has 0 bridgehead atoms. The van der Waals surface area contributed by atoms with Crippen LogP contribution in [0.1, 0.15) is 35.2 Å². The molecule has 2 heterocycles. The lowest BCUT2D eigenvalue weighted by Gasteiger charge is -2.32. The van der Waals surface area contributed by atoms with E-state index in [4.69, 9.17) is 0 Å². The number of hydrogen-bond donors (Lipinski definition) is 1. The molecule has 1 aromatic carbocycles. The van der Waals surface area contributed by atoms with E-state index >= 15 is 0 Å². The number of aryl methyl sites for hydroxylation is 1. The molecule has 0 saturated carbocycles. The molecule has 2 amide bonds. The number of piperidine rings is 1. The second kappa shape index (κ2) is 7.15. The molecule has 3 rings (SSSR count). The number of amides is 2. The fourth-order valence-electron chi connectivity index (χ4n) is 3.45. The van der Waals surface area contributed by atoms with Crippen LogP contribution in [0.3, 0.4) is 0 Å². The van der Waals surface area contributed by atoms with Crippen LogP contribution < -0.4 is 5.32 Å². The lowest BCUT2D eigenvalue weighted by Crippen LogP contribution is -2.45. The minimum atomic E-state index is -2.99. The number of nitrogens with zero attached hydrogens (tertiary/aromatic N) is 1. The molecule has 136 valence electrons. The van der Waals surface area contributed by atoms with E-state index in [0.717, 1.165) is 5.56 Å². The van der Waals surface area contributed by atoms with Gasteiger partial charge >= 0.3 is 0 Å². The van der Waals surface area contributed by atoms with Crippen molar-refractivity contribution in [1.82, 2.24) is 10.2 Å². The summed E-state index contributed by atoms with van der Waals surface area (Å²) >= 11 is 0. The fourth-order valence-corrected chi connectivity index (χ4v) is 5.12. The third-order valence-electron chi connectivity index (χ3n) is 5.03. The third-order valence-corrected chi connectivity index (χ3v) is 6.80. The summed E-state index contributed by atoms with van der Waals surface area (Å²) in [6, 6.07) is 7.24. The number of rotatable bonds is 3. The van der Waals surface area contributed by atoms with E-state index in [0.29, 0.717) is 37.9 Å². The molecule has 0 spiro atoms. The summed E-state index contributed by atoms with van der Waals surface area (Å²) in [5.41, 5.74) is 1.78. The van der Waals surface area contributed by atoms with Crippen LogP contribution in [0.15, 0.2) is 24.3 Å². The maximum absolute atomic E-state index is 12.5. The summed E-state index contributed by atoms with van der Waals surface area (Å²) in [6.45, 7) is 3.08. The van der Waals surface area contributed by atoms with Crippen molar-refractivity contribution in [1.29, 1.82) is 0 Å². The molecule has 2 saturated heterocycles. The van der Waals surface area contributed by atoms with Crippen molar-refractivity contribution >= 4 is 21.7 Å². The number of carbonyl (C=O) groups is 2. The van der Waals surface area contributed by atoms with Crippen LogP contribution in [0.5, 0.6) is 0 Å². The van der Waals surface area contributed by atoms with Gasteiger partial charge in [0.25, 0.3) is 5.91 Å². The predicted octanol–water partition coefficient (Wildman–Crippen LogP) is 1.15. The third kappa shape index (κ3) is 4.39. The van der Waals surface area contributed by atoms with Crippen LogP contribution >= 0.6 is 0 Å². The lowest BCUT2D eigenvalue weighted by atomic mass is 9.95. The normalized spacial score (nSPS) is 23.4. The van der Waals surface area contributed by atoms with Gasteiger partial charge in [0.1, 0.15) is 0 Å². The molecule has 1 aromatic rings. The van der Waals surface area contributed by atoms with E-state index in [1.807, 2.05) is 31.2 Å². The molecule has 2 aliphatic rings. The highest BCUT2D eigenvalue weighted by molar-refractivity contribution is 7.91. The molecule has 2 aliphatic heterocycles. The second-order valence-electron chi connectivity index (χ2n) is 7.04. The molecule has 2 fully saturated rings. The van der Waals surface area contributed by atoms with Crippen LogP contribution in [0, 0.1) is 12.8 Å². The monoisotopic (exact) mass is 364 g/mol. The van der Waals surface area contributed by atoms with Gasteiger partial charge in [-0.2, -0.15) is 0 Å². The first-order valence-electron chi connectivity index (χ1n) is 8.71. The molecule has 25 heavy (non-hydrogen) atoms. The van der Waals surface area contributed by atoms with E-state index in [1.54, 1.807) is 4.90 Å². The van der Waals surface area contributed by atoms with Gasteiger partial charge in [-0.05, 0) is 38.3 Å². The Hall–Kier alpha value is -1.89. The Morgan fingerprint density at radius 3 is 2.28 bits per heavy atom. The van der Waals surface area contributed by atoms with E-state index in [1.165, 1.54) is 0 Å². The van der Waals surface area contributed by atoms with Crippen molar-refractivity contribution in [2.45, 2.75) is 32.2 Å². The van der Waals surface area contributed by atoms with E-state index < -0.39 is 9.84 Å². The Bertz CT molecular complexity index is 750. The number of nitrogens with one attached hydrogen (secondary N) is 1. The van der Waals surface area contributed by atoms with Gasteiger partial charge in [0, 0.05) is 30.6 Å². The van der Waals surface area contributed by atoms with Gasteiger partial charge in [-0.1, -0.05) is 17.7 Å². The predicted molar refractivity (Wildman–Crippen MR) is 95.0 cm³/mol. The number of benzene rings is 1. The first-order chi connectivity index (χ1) is 11.8. The van der Waals surface area contributed by atoms with Gasteiger partial charge in [-0.3, -0.25) is 9.59 Å². The molecular weight excluding hydrogens is 340 g/mol. The Kier molecular flexibility index (Phi) is 5.13. The Morgan fingerprint density at radius 2 is 1.72 bits per heavy atom. The second-order valence-corrected chi connectivity index (χ2v) is 9.27. The highest BCUT2D eigenvalue weighted by Gasteiger charge is 2.32. The van der Waals surface area contributed by atoms with E-state index in [2.05, 4.69) is 5.32 Å². The largest absolute Gasteiger partial charge is 0.352 e. The zero-order valence-electron chi connectivity index (χ0n) is 14.4. The number of hydrogen-bond acceptors (Lipinski definition) is 4. The molecular formula is C18H24N2O4S. The molecule has 1 unspecified atom stereocenters. The average Bonchev–Trinajstić information content (AvgIpc) is 2.93. The zero-order valence-corrected chi connectivity index (χ0v) is 15.2. The summed E-state index contributed by atoms with van der Waals surface area (Å²) in [6.07, 6.45) is 1.73. The smallest absolute Gasteiger partial charge is 0.253 e. The van der Waals surface area contributed by atoms with Crippen LogP contribution in [-0.2, 0) is 14.6 Å². The van der Waals surface area contributed by atoms with Gasteiger partial charge in [0.2, 0.25) is 5.91 Å². The topological polar surface area (TPSA) is 83.6 Å². The summed E-state index contributed by atoms with van der Waals surface area (Å²) in [5, 5.41) is 2.86. The van der Waals surface area contributed by atoms with Crippen LogP contribution in [-0.4, -0.2) is 55.8 Å². The first-order valence-corrected chi connectivity index (χ1v) is 10.5. The van der Waals surface area contributed by atoms with Gasteiger partial charge < -0.3 is 10.2 Å². The highest BCUT2D eigenvalue weighted by atomic mass is 32.2. The number of carbonyl (C=O) groups excluding carboxylic acids is 2. The van der Waals surface area contributed by atoms with Crippen molar-refractivity contribution in [3.63, 3.8) is 0 Å². The first kappa shape index (κ1) is 17.9. The van der Waals surface area contributed by atoms with Crippen molar-refractivity contribution in [3.05, 3.63) is 35.4 Å². The van der Waals surface area contributed by atoms with Crippen molar-refractivity contribution in [3.8, 4) is 0 Å². The minimum Gasteiger partial charge on any atom is -0.352 e. The molecule has 6 nitrogen and oxygen atoms in total. The zero-order chi connectivity index (χ0) is 18.0. The maximum Gasteiger partial charge on any atom is 0.253 e. The van der Waals surface area contributed by atoms with Crippen molar-refractivity contribution in [2.24, 2.45) is 5.92 Å². The van der Waals surface area contributed by atoms with Crippen molar-refractivity contribution in [2.75, 3.05) is 24.6 Å². The summed E-state index contributed by atoms with van der Waals surface area (Å²) in [5.74, 6) is -0.0269. The molecule has 1 atom stereocenters. The molecule has 7 heteroatoms.